The molecule has 5 nitrogen and oxygen atoms in total. The molecule has 3 rings (SSSR count). The molecule has 0 amide bonds. The van der Waals surface area contributed by atoms with Crippen LogP contribution in [-0.2, 0) is 6.54 Å². The van der Waals surface area contributed by atoms with E-state index in [1.165, 1.54) is 12.7 Å². The Hall–Kier alpha value is -1.62. The zero-order valence-corrected chi connectivity index (χ0v) is 10.2. The summed E-state index contributed by atoms with van der Waals surface area (Å²) >= 11 is 0. The molecule has 2 heterocycles. The third-order valence-electron chi connectivity index (χ3n) is 4.04. The van der Waals surface area contributed by atoms with E-state index < -0.39 is 0 Å². The zero-order valence-electron chi connectivity index (χ0n) is 10.2. The van der Waals surface area contributed by atoms with E-state index in [1.54, 1.807) is 0 Å². The lowest BCUT2D eigenvalue weighted by Gasteiger charge is -2.18. The number of nitrogens with one attached hydrogen (secondary N) is 1. The van der Waals surface area contributed by atoms with E-state index in [4.69, 9.17) is 0 Å². The van der Waals surface area contributed by atoms with E-state index in [0.29, 0.717) is 17.2 Å². The van der Waals surface area contributed by atoms with Gasteiger partial charge in [0, 0.05) is 19.3 Å². The number of hydrogen-bond donors (Lipinski definition) is 2. The van der Waals surface area contributed by atoms with Gasteiger partial charge in [0.2, 0.25) is 0 Å². The zero-order chi connectivity index (χ0) is 12.5. The Morgan fingerprint density at radius 1 is 1.44 bits per heavy atom. The number of hydrogen-bond acceptors (Lipinski definition) is 3. The summed E-state index contributed by atoms with van der Waals surface area (Å²) in [4.78, 5) is 18.4. The minimum Gasteiger partial charge on any atom is -0.396 e. The van der Waals surface area contributed by atoms with Crippen molar-refractivity contribution in [3.63, 3.8) is 0 Å². The van der Waals surface area contributed by atoms with Gasteiger partial charge in [-0.3, -0.25) is 4.79 Å². The fourth-order valence-corrected chi connectivity index (χ4v) is 3.01. The van der Waals surface area contributed by atoms with Gasteiger partial charge in [0.1, 0.15) is 5.65 Å². The van der Waals surface area contributed by atoms with Crippen LogP contribution < -0.4 is 5.56 Å². The summed E-state index contributed by atoms with van der Waals surface area (Å²) in [5.41, 5.74) is 0.645. The van der Waals surface area contributed by atoms with Crippen LogP contribution in [0.25, 0.3) is 11.0 Å². The highest BCUT2D eigenvalue weighted by molar-refractivity contribution is 5.74. The fraction of sp³-hybridized carbons (Fsp3) is 0.538. The molecule has 0 spiro atoms. The average Bonchev–Trinajstić information content (AvgIpc) is 2.98. The first-order chi connectivity index (χ1) is 8.79. The van der Waals surface area contributed by atoms with Crippen molar-refractivity contribution in [2.24, 2.45) is 11.8 Å². The molecule has 2 atom stereocenters. The van der Waals surface area contributed by atoms with Crippen LogP contribution in [0.5, 0.6) is 0 Å². The average molecular weight is 247 g/mol. The van der Waals surface area contributed by atoms with Crippen molar-refractivity contribution in [3.05, 3.63) is 28.9 Å². The van der Waals surface area contributed by atoms with Crippen molar-refractivity contribution in [2.45, 2.75) is 25.8 Å². The van der Waals surface area contributed by atoms with E-state index in [-0.39, 0.29) is 12.2 Å². The number of aliphatic hydroxyl groups is 1. The molecule has 5 heteroatoms. The Morgan fingerprint density at radius 2 is 2.28 bits per heavy atom. The fourth-order valence-electron chi connectivity index (χ4n) is 3.01. The topological polar surface area (TPSA) is 70.9 Å². The van der Waals surface area contributed by atoms with Crippen molar-refractivity contribution in [1.82, 2.24) is 14.5 Å². The number of aromatic amines is 1. The number of rotatable bonds is 3. The Morgan fingerprint density at radius 3 is 3.11 bits per heavy atom. The van der Waals surface area contributed by atoms with Crippen molar-refractivity contribution >= 4 is 11.0 Å². The Bertz CT molecular complexity index is 602. The molecule has 0 saturated heterocycles. The molecule has 0 bridgehead atoms. The molecule has 1 fully saturated rings. The van der Waals surface area contributed by atoms with E-state index in [1.807, 2.05) is 16.8 Å². The van der Waals surface area contributed by atoms with Gasteiger partial charge >= 0.3 is 0 Å². The van der Waals surface area contributed by atoms with Gasteiger partial charge in [0.15, 0.2) is 0 Å². The van der Waals surface area contributed by atoms with Crippen LogP contribution in [0.4, 0.5) is 0 Å². The van der Waals surface area contributed by atoms with Crippen LogP contribution in [0.2, 0.25) is 0 Å². The molecule has 1 saturated carbocycles. The highest BCUT2D eigenvalue weighted by Crippen LogP contribution is 2.33. The van der Waals surface area contributed by atoms with Crippen LogP contribution in [0, 0.1) is 11.8 Å². The molecule has 96 valence electrons. The van der Waals surface area contributed by atoms with Crippen LogP contribution in [0.1, 0.15) is 19.3 Å². The van der Waals surface area contributed by atoms with Gasteiger partial charge in [-0.05, 0) is 30.7 Å². The van der Waals surface area contributed by atoms with Gasteiger partial charge < -0.3 is 14.7 Å². The summed E-state index contributed by atoms with van der Waals surface area (Å²) in [6.07, 6.45) is 6.80. The maximum atomic E-state index is 11.6. The highest BCUT2D eigenvalue weighted by atomic mass is 16.3. The standard InChI is InChI=1S/C13H17N3O2/c17-7-10-3-1-2-9(10)6-16-5-4-11-12(16)14-8-15-13(11)18/h4-5,8-10,17H,1-3,6-7H2,(H,14,15,18)/t9-,10-/m1/s1. The largest absolute Gasteiger partial charge is 0.396 e. The molecule has 2 aromatic heterocycles. The highest BCUT2D eigenvalue weighted by Gasteiger charge is 2.27. The Balaban J connectivity index is 1.91. The van der Waals surface area contributed by atoms with E-state index >= 15 is 0 Å². The molecule has 0 aromatic carbocycles. The Labute approximate surface area is 104 Å². The van der Waals surface area contributed by atoms with E-state index in [2.05, 4.69) is 9.97 Å². The van der Waals surface area contributed by atoms with E-state index in [9.17, 15) is 9.90 Å². The summed E-state index contributed by atoms with van der Waals surface area (Å²) in [6.45, 7) is 1.10. The van der Waals surface area contributed by atoms with Crippen molar-refractivity contribution in [1.29, 1.82) is 0 Å². The molecular weight excluding hydrogens is 230 g/mol. The summed E-state index contributed by atoms with van der Waals surface area (Å²) in [7, 11) is 0. The van der Waals surface area contributed by atoms with Gasteiger partial charge in [0.05, 0.1) is 11.7 Å². The summed E-state index contributed by atoms with van der Waals surface area (Å²) in [5, 5.41) is 9.98. The second-order valence-electron chi connectivity index (χ2n) is 5.07. The molecule has 0 unspecified atom stereocenters. The quantitative estimate of drug-likeness (QED) is 0.854. The monoisotopic (exact) mass is 247 g/mol. The molecule has 1 aliphatic carbocycles. The smallest absolute Gasteiger partial charge is 0.260 e. The molecule has 1 aliphatic rings. The first-order valence-corrected chi connectivity index (χ1v) is 6.43. The predicted octanol–water partition coefficient (Wildman–Crippen LogP) is 1.13. The third-order valence-corrected chi connectivity index (χ3v) is 4.04. The second-order valence-corrected chi connectivity index (χ2v) is 5.07. The number of aromatic nitrogens is 3. The molecule has 18 heavy (non-hydrogen) atoms. The Kier molecular flexibility index (Phi) is 2.91. The maximum Gasteiger partial charge on any atom is 0.260 e. The van der Waals surface area contributed by atoms with Crippen molar-refractivity contribution in [3.8, 4) is 0 Å². The van der Waals surface area contributed by atoms with Gasteiger partial charge in [-0.2, -0.15) is 0 Å². The normalized spacial score (nSPS) is 23.8. The van der Waals surface area contributed by atoms with Crippen molar-refractivity contribution < 1.29 is 5.11 Å². The maximum absolute atomic E-state index is 11.6. The number of H-pyrrole nitrogens is 1. The first kappa shape index (κ1) is 11.5. The van der Waals surface area contributed by atoms with Crippen LogP contribution in [-0.4, -0.2) is 26.2 Å². The third kappa shape index (κ3) is 1.84. The predicted molar refractivity (Wildman–Crippen MR) is 68.3 cm³/mol. The van der Waals surface area contributed by atoms with Crippen LogP contribution in [0.3, 0.4) is 0 Å². The van der Waals surface area contributed by atoms with Crippen LogP contribution >= 0.6 is 0 Å². The summed E-state index contributed by atoms with van der Waals surface area (Å²) in [5.74, 6) is 0.885. The van der Waals surface area contributed by atoms with Gasteiger partial charge in [0.25, 0.3) is 5.56 Å². The molecule has 0 radical (unpaired) electrons. The van der Waals surface area contributed by atoms with Crippen LogP contribution in [0.15, 0.2) is 23.4 Å². The SMILES string of the molecule is O=c1[nH]cnc2c1ccn2C[C@H]1CCC[C@@H]1CO. The second kappa shape index (κ2) is 4.57. The van der Waals surface area contributed by atoms with Gasteiger partial charge in [-0.1, -0.05) is 6.42 Å². The molecule has 2 aromatic rings. The number of fused-ring (bicyclic) bond motifs is 1. The van der Waals surface area contributed by atoms with Gasteiger partial charge in [-0.25, -0.2) is 4.98 Å². The molecule has 0 aliphatic heterocycles. The van der Waals surface area contributed by atoms with Gasteiger partial charge in [-0.15, -0.1) is 0 Å². The first-order valence-electron chi connectivity index (χ1n) is 6.43. The molecular formula is C13H17N3O2. The summed E-state index contributed by atoms with van der Waals surface area (Å²) < 4.78 is 2.03. The number of aliphatic hydroxyl groups excluding tert-OH is 1. The van der Waals surface area contributed by atoms with E-state index in [0.717, 1.165) is 25.0 Å². The summed E-state index contributed by atoms with van der Waals surface area (Å²) in [6, 6.07) is 1.81. The van der Waals surface area contributed by atoms with Crippen molar-refractivity contribution in [2.75, 3.05) is 6.61 Å². The minimum absolute atomic E-state index is 0.0936. The lowest BCUT2D eigenvalue weighted by Crippen LogP contribution is -2.18. The minimum atomic E-state index is -0.0936. The lowest BCUT2D eigenvalue weighted by atomic mass is 9.97. The molecule has 2 N–H and O–H groups in total. The lowest BCUT2D eigenvalue weighted by molar-refractivity contribution is 0.185. The number of nitrogens with zero attached hydrogens (tertiary/aromatic N) is 2.